The van der Waals surface area contributed by atoms with Crippen LogP contribution in [0.3, 0.4) is 0 Å². The quantitative estimate of drug-likeness (QED) is 0.598. The highest BCUT2D eigenvalue weighted by Crippen LogP contribution is 2.24. The Bertz CT molecular complexity index is 964. The average Bonchev–Trinajstić information content (AvgIpc) is 2.74. The van der Waals surface area contributed by atoms with Gasteiger partial charge in [-0.25, -0.2) is 0 Å². The summed E-state index contributed by atoms with van der Waals surface area (Å²) in [7, 11) is 0. The van der Waals surface area contributed by atoms with Crippen molar-refractivity contribution in [3.05, 3.63) is 101 Å². The molecule has 0 aliphatic rings. The standard InChI is InChI=1S/C25H26N2O2/c1-18(2)22-10-6-7-11-23(22)27-25(29)21-14-12-20(13-15-21)24(28)26-17-16-19-8-4-3-5-9-19/h3-15,18H,16-17H2,1-2H3,(H,26,28)(H,27,29). The predicted molar refractivity (Wildman–Crippen MR) is 117 cm³/mol. The van der Waals surface area contributed by atoms with Gasteiger partial charge in [0.05, 0.1) is 0 Å². The Hall–Kier alpha value is -3.40. The Morgan fingerprint density at radius 2 is 1.34 bits per heavy atom. The summed E-state index contributed by atoms with van der Waals surface area (Å²) in [6, 6.07) is 24.5. The van der Waals surface area contributed by atoms with E-state index in [9.17, 15) is 9.59 Å². The lowest BCUT2D eigenvalue weighted by molar-refractivity contribution is 0.0952. The molecule has 148 valence electrons. The molecular weight excluding hydrogens is 360 g/mol. The molecule has 4 nitrogen and oxygen atoms in total. The second-order valence-electron chi connectivity index (χ2n) is 7.26. The molecule has 3 rings (SSSR count). The highest BCUT2D eigenvalue weighted by molar-refractivity contribution is 6.05. The van der Waals surface area contributed by atoms with Crippen molar-refractivity contribution in [2.75, 3.05) is 11.9 Å². The number of benzene rings is 3. The minimum absolute atomic E-state index is 0.141. The van der Waals surface area contributed by atoms with Gasteiger partial charge in [0.15, 0.2) is 0 Å². The first-order valence-electron chi connectivity index (χ1n) is 9.87. The zero-order chi connectivity index (χ0) is 20.6. The van der Waals surface area contributed by atoms with E-state index in [1.165, 1.54) is 5.56 Å². The first-order valence-corrected chi connectivity index (χ1v) is 9.87. The molecule has 0 atom stereocenters. The van der Waals surface area contributed by atoms with Gasteiger partial charge in [0, 0.05) is 23.4 Å². The lowest BCUT2D eigenvalue weighted by Gasteiger charge is -2.13. The molecule has 0 fully saturated rings. The van der Waals surface area contributed by atoms with Crippen molar-refractivity contribution in [3.63, 3.8) is 0 Å². The monoisotopic (exact) mass is 386 g/mol. The summed E-state index contributed by atoms with van der Waals surface area (Å²) in [5.41, 5.74) is 4.15. The first-order chi connectivity index (χ1) is 14.0. The lowest BCUT2D eigenvalue weighted by atomic mass is 10.0. The molecule has 2 amide bonds. The molecule has 0 heterocycles. The van der Waals surface area contributed by atoms with Crippen LogP contribution in [0.1, 0.15) is 51.6 Å². The molecule has 0 saturated heterocycles. The summed E-state index contributed by atoms with van der Waals surface area (Å²) in [4.78, 5) is 24.9. The Kier molecular flexibility index (Phi) is 6.80. The summed E-state index contributed by atoms with van der Waals surface area (Å²) in [5.74, 6) is -0.0133. The van der Waals surface area contributed by atoms with Gasteiger partial charge in [-0.15, -0.1) is 0 Å². The highest BCUT2D eigenvalue weighted by atomic mass is 16.2. The zero-order valence-electron chi connectivity index (χ0n) is 16.8. The predicted octanol–water partition coefficient (Wildman–Crippen LogP) is 5.03. The summed E-state index contributed by atoms with van der Waals surface area (Å²) < 4.78 is 0. The Balaban J connectivity index is 1.58. The minimum Gasteiger partial charge on any atom is -0.352 e. The van der Waals surface area contributed by atoms with Crippen LogP contribution in [-0.2, 0) is 6.42 Å². The van der Waals surface area contributed by atoms with Crippen LogP contribution in [0.25, 0.3) is 0 Å². The van der Waals surface area contributed by atoms with E-state index in [1.807, 2.05) is 54.6 Å². The van der Waals surface area contributed by atoms with Crippen LogP contribution in [0.5, 0.6) is 0 Å². The van der Waals surface area contributed by atoms with Crippen molar-refractivity contribution >= 4 is 17.5 Å². The lowest BCUT2D eigenvalue weighted by Crippen LogP contribution is -2.25. The van der Waals surface area contributed by atoms with Crippen molar-refractivity contribution in [1.82, 2.24) is 5.32 Å². The smallest absolute Gasteiger partial charge is 0.255 e. The number of carbonyl (C=O) groups is 2. The van der Waals surface area contributed by atoms with Gasteiger partial charge in [0.2, 0.25) is 0 Å². The van der Waals surface area contributed by atoms with E-state index in [1.54, 1.807) is 24.3 Å². The molecule has 3 aromatic carbocycles. The van der Waals surface area contributed by atoms with E-state index in [0.29, 0.717) is 23.6 Å². The SMILES string of the molecule is CC(C)c1ccccc1NC(=O)c1ccc(C(=O)NCCc2ccccc2)cc1. The van der Waals surface area contributed by atoms with Crippen LogP contribution in [-0.4, -0.2) is 18.4 Å². The molecule has 29 heavy (non-hydrogen) atoms. The number of rotatable bonds is 7. The molecule has 0 spiro atoms. The molecule has 0 unspecified atom stereocenters. The number of amides is 2. The molecule has 0 aromatic heterocycles. The van der Waals surface area contributed by atoms with Crippen LogP contribution in [0, 0.1) is 0 Å². The maximum absolute atomic E-state index is 12.6. The number of hydrogen-bond acceptors (Lipinski definition) is 2. The van der Waals surface area contributed by atoms with E-state index < -0.39 is 0 Å². The maximum Gasteiger partial charge on any atom is 0.255 e. The van der Waals surface area contributed by atoms with E-state index in [4.69, 9.17) is 0 Å². The van der Waals surface area contributed by atoms with Crippen LogP contribution in [0.15, 0.2) is 78.9 Å². The van der Waals surface area contributed by atoms with Crippen LogP contribution < -0.4 is 10.6 Å². The average molecular weight is 386 g/mol. The molecule has 0 aliphatic carbocycles. The van der Waals surface area contributed by atoms with E-state index >= 15 is 0 Å². The van der Waals surface area contributed by atoms with Crippen LogP contribution in [0.2, 0.25) is 0 Å². The fourth-order valence-electron chi connectivity index (χ4n) is 3.15. The van der Waals surface area contributed by atoms with Crippen molar-refractivity contribution in [3.8, 4) is 0 Å². The van der Waals surface area contributed by atoms with Gasteiger partial charge in [-0.05, 0) is 53.8 Å². The minimum atomic E-state index is -0.186. The van der Waals surface area contributed by atoms with Crippen LogP contribution in [0.4, 0.5) is 5.69 Å². The van der Waals surface area contributed by atoms with Gasteiger partial charge >= 0.3 is 0 Å². The fraction of sp³-hybridized carbons (Fsp3) is 0.200. The Morgan fingerprint density at radius 1 is 0.759 bits per heavy atom. The molecule has 3 aromatic rings. The molecule has 0 aliphatic heterocycles. The van der Waals surface area contributed by atoms with Gasteiger partial charge in [-0.3, -0.25) is 9.59 Å². The number of anilines is 1. The third-order valence-corrected chi connectivity index (χ3v) is 4.78. The zero-order valence-corrected chi connectivity index (χ0v) is 16.8. The molecule has 0 radical (unpaired) electrons. The Labute approximate surface area is 172 Å². The summed E-state index contributed by atoms with van der Waals surface area (Å²) >= 11 is 0. The summed E-state index contributed by atoms with van der Waals surface area (Å²) in [6.07, 6.45) is 0.780. The Morgan fingerprint density at radius 3 is 2.00 bits per heavy atom. The van der Waals surface area contributed by atoms with Crippen molar-refractivity contribution < 1.29 is 9.59 Å². The number of hydrogen-bond donors (Lipinski definition) is 2. The summed E-state index contributed by atoms with van der Waals surface area (Å²) in [6.45, 7) is 4.75. The van der Waals surface area contributed by atoms with Crippen molar-refractivity contribution in [2.45, 2.75) is 26.2 Å². The summed E-state index contributed by atoms with van der Waals surface area (Å²) in [5, 5.41) is 5.89. The van der Waals surface area contributed by atoms with Gasteiger partial charge < -0.3 is 10.6 Å². The number of carbonyl (C=O) groups excluding carboxylic acids is 2. The third-order valence-electron chi connectivity index (χ3n) is 4.78. The highest BCUT2D eigenvalue weighted by Gasteiger charge is 2.12. The second-order valence-corrected chi connectivity index (χ2v) is 7.26. The number of nitrogens with one attached hydrogen (secondary N) is 2. The molecule has 2 N–H and O–H groups in total. The first kappa shape index (κ1) is 20.3. The van der Waals surface area contributed by atoms with Crippen LogP contribution >= 0.6 is 0 Å². The molecule has 0 saturated carbocycles. The van der Waals surface area contributed by atoms with Gasteiger partial charge in [-0.2, -0.15) is 0 Å². The molecule has 0 bridgehead atoms. The van der Waals surface area contributed by atoms with E-state index in [0.717, 1.165) is 17.7 Å². The van der Waals surface area contributed by atoms with E-state index in [-0.39, 0.29) is 11.8 Å². The van der Waals surface area contributed by atoms with Gasteiger partial charge in [0.1, 0.15) is 0 Å². The third kappa shape index (κ3) is 5.55. The fourth-order valence-corrected chi connectivity index (χ4v) is 3.15. The maximum atomic E-state index is 12.6. The largest absolute Gasteiger partial charge is 0.352 e. The second kappa shape index (κ2) is 9.69. The van der Waals surface area contributed by atoms with Gasteiger partial charge in [0.25, 0.3) is 11.8 Å². The normalized spacial score (nSPS) is 10.6. The molecular formula is C25H26N2O2. The van der Waals surface area contributed by atoms with E-state index in [2.05, 4.69) is 24.5 Å². The van der Waals surface area contributed by atoms with Crippen molar-refractivity contribution in [1.29, 1.82) is 0 Å². The molecule has 4 heteroatoms. The topological polar surface area (TPSA) is 58.2 Å². The van der Waals surface area contributed by atoms with Crippen molar-refractivity contribution in [2.24, 2.45) is 0 Å². The van der Waals surface area contributed by atoms with Gasteiger partial charge in [-0.1, -0.05) is 62.4 Å². The number of para-hydroxylation sites is 1.